The van der Waals surface area contributed by atoms with E-state index in [9.17, 15) is 0 Å². The first-order valence-electron chi connectivity index (χ1n) is 18.6. The Balaban J connectivity index is 1.19. The van der Waals surface area contributed by atoms with Crippen LogP contribution >= 0.6 is 0 Å². The van der Waals surface area contributed by atoms with Crippen molar-refractivity contribution in [2.24, 2.45) is 0 Å². The fraction of sp³-hybridized carbons (Fsp3) is 0.0588. The lowest BCUT2D eigenvalue weighted by atomic mass is 9.82. The molecule has 3 nitrogen and oxygen atoms in total. The van der Waals surface area contributed by atoms with Crippen molar-refractivity contribution in [3.05, 3.63) is 205 Å². The van der Waals surface area contributed by atoms with Crippen molar-refractivity contribution in [2.75, 3.05) is 9.80 Å². The molecule has 0 bridgehead atoms. The Morgan fingerprint density at radius 1 is 0.389 bits per heavy atom. The van der Waals surface area contributed by atoms with Gasteiger partial charge in [-0.2, -0.15) is 0 Å². The molecule has 9 aromatic rings. The maximum Gasteiger partial charge on any atom is 0.137 e. The molecule has 0 unspecified atom stereocenters. The predicted molar refractivity (Wildman–Crippen MR) is 226 cm³/mol. The molecule has 1 aliphatic carbocycles. The number of furan rings is 1. The van der Waals surface area contributed by atoms with Crippen molar-refractivity contribution in [1.29, 1.82) is 0 Å². The van der Waals surface area contributed by atoms with E-state index in [1.807, 2.05) is 0 Å². The van der Waals surface area contributed by atoms with E-state index in [4.69, 9.17) is 4.42 Å². The molecule has 0 saturated carbocycles. The normalized spacial score (nSPS) is 12.8. The minimum Gasteiger partial charge on any atom is -0.456 e. The molecule has 0 aliphatic heterocycles. The van der Waals surface area contributed by atoms with Gasteiger partial charge in [-0.3, -0.25) is 0 Å². The highest BCUT2D eigenvalue weighted by Crippen LogP contribution is 2.52. The Labute approximate surface area is 316 Å². The SMILES string of the molecule is CC1(C)c2ccccc2-c2ccc(N(c3ccc(-c4ccccc4)cc3)c3cccc4oc5ccc(N(c6ccccc6)c6ccccc6)cc5c34)cc21. The molecule has 0 radical (unpaired) electrons. The highest BCUT2D eigenvalue weighted by atomic mass is 16.3. The van der Waals surface area contributed by atoms with E-state index in [0.717, 1.165) is 56.1 Å². The molecule has 1 aliphatic rings. The molecular formula is C51H38N2O. The number of nitrogens with zero attached hydrogens (tertiary/aromatic N) is 2. The number of anilines is 6. The van der Waals surface area contributed by atoms with E-state index in [-0.39, 0.29) is 5.41 Å². The van der Waals surface area contributed by atoms with E-state index in [0.29, 0.717) is 0 Å². The van der Waals surface area contributed by atoms with Crippen LogP contribution in [0, 0.1) is 0 Å². The van der Waals surface area contributed by atoms with E-state index in [1.54, 1.807) is 0 Å². The van der Waals surface area contributed by atoms with Crippen molar-refractivity contribution >= 4 is 56.1 Å². The summed E-state index contributed by atoms with van der Waals surface area (Å²) in [6.07, 6.45) is 0. The Bertz CT molecular complexity index is 2750. The zero-order valence-corrected chi connectivity index (χ0v) is 30.3. The second-order valence-electron chi connectivity index (χ2n) is 14.6. The summed E-state index contributed by atoms with van der Waals surface area (Å²) in [7, 11) is 0. The number of para-hydroxylation sites is 2. The van der Waals surface area contributed by atoms with E-state index < -0.39 is 0 Å². The third-order valence-corrected chi connectivity index (χ3v) is 11.0. The minimum absolute atomic E-state index is 0.133. The second kappa shape index (κ2) is 12.7. The number of fused-ring (bicyclic) bond motifs is 6. The zero-order valence-electron chi connectivity index (χ0n) is 30.3. The van der Waals surface area contributed by atoms with Crippen LogP contribution < -0.4 is 9.80 Å². The van der Waals surface area contributed by atoms with Crippen molar-refractivity contribution in [2.45, 2.75) is 19.3 Å². The van der Waals surface area contributed by atoms with Crippen LogP contribution in [-0.4, -0.2) is 0 Å². The number of hydrogen-bond acceptors (Lipinski definition) is 3. The predicted octanol–water partition coefficient (Wildman–Crippen LogP) is 14.5. The molecule has 0 spiro atoms. The van der Waals surface area contributed by atoms with Crippen LogP contribution in [0.25, 0.3) is 44.2 Å². The molecule has 1 heterocycles. The quantitative estimate of drug-likeness (QED) is 0.166. The van der Waals surface area contributed by atoms with Crippen molar-refractivity contribution in [3.8, 4) is 22.3 Å². The first-order valence-corrected chi connectivity index (χ1v) is 18.6. The molecule has 0 fully saturated rings. The van der Waals surface area contributed by atoms with Crippen LogP contribution in [0.4, 0.5) is 34.1 Å². The van der Waals surface area contributed by atoms with Crippen LogP contribution in [0.1, 0.15) is 25.0 Å². The molecule has 0 amide bonds. The smallest absolute Gasteiger partial charge is 0.137 e. The highest BCUT2D eigenvalue weighted by Gasteiger charge is 2.36. The zero-order chi connectivity index (χ0) is 36.2. The first kappa shape index (κ1) is 31.9. The summed E-state index contributed by atoms with van der Waals surface area (Å²) in [6.45, 7) is 4.69. The summed E-state index contributed by atoms with van der Waals surface area (Å²) in [5.74, 6) is 0. The number of rotatable bonds is 7. The van der Waals surface area contributed by atoms with Crippen LogP contribution in [0.3, 0.4) is 0 Å². The van der Waals surface area contributed by atoms with Gasteiger partial charge in [-0.25, -0.2) is 0 Å². The van der Waals surface area contributed by atoms with Gasteiger partial charge in [0, 0.05) is 39.2 Å². The molecule has 54 heavy (non-hydrogen) atoms. The largest absolute Gasteiger partial charge is 0.456 e. The van der Waals surface area contributed by atoms with E-state index in [2.05, 4.69) is 218 Å². The van der Waals surface area contributed by atoms with Crippen LogP contribution in [0.5, 0.6) is 0 Å². The van der Waals surface area contributed by atoms with Gasteiger partial charge in [0.1, 0.15) is 11.2 Å². The Hall–Kier alpha value is -6.84. The third-order valence-electron chi connectivity index (χ3n) is 11.0. The lowest BCUT2D eigenvalue weighted by Crippen LogP contribution is -2.16. The fourth-order valence-electron chi connectivity index (χ4n) is 8.42. The summed E-state index contributed by atoms with van der Waals surface area (Å²) in [4.78, 5) is 4.71. The fourth-order valence-corrected chi connectivity index (χ4v) is 8.42. The number of hydrogen-bond donors (Lipinski definition) is 0. The van der Waals surface area contributed by atoms with Gasteiger partial charge < -0.3 is 14.2 Å². The molecule has 0 atom stereocenters. The molecule has 1 aromatic heterocycles. The Kier molecular flexibility index (Phi) is 7.48. The minimum atomic E-state index is -0.133. The Morgan fingerprint density at radius 2 is 0.944 bits per heavy atom. The lowest BCUT2D eigenvalue weighted by Gasteiger charge is -2.29. The van der Waals surface area contributed by atoms with Gasteiger partial charge in [0.05, 0.1) is 11.1 Å². The Morgan fingerprint density at radius 3 is 1.67 bits per heavy atom. The molecule has 258 valence electrons. The molecule has 0 N–H and O–H groups in total. The van der Waals surface area contributed by atoms with Crippen molar-refractivity contribution in [1.82, 2.24) is 0 Å². The van der Waals surface area contributed by atoms with Crippen molar-refractivity contribution in [3.63, 3.8) is 0 Å². The maximum atomic E-state index is 6.64. The van der Waals surface area contributed by atoms with Crippen LogP contribution in [-0.2, 0) is 5.41 Å². The summed E-state index contributed by atoms with van der Waals surface area (Å²) >= 11 is 0. The topological polar surface area (TPSA) is 19.6 Å². The average molecular weight is 695 g/mol. The van der Waals surface area contributed by atoms with Crippen LogP contribution in [0.15, 0.2) is 199 Å². The van der Waals surface area contributed by atoms with Gasteiger partial charge >= 0.3 is 0 Å². The van der Waals surface area contributed by atoms with Gasteiger partial charge in [-0.05, 0) is 112 Å². The van der Waals surface area contributed by atoms with Gasteiger partial charge in [0.25, 0.3) is 0 Å². The molecule has 0 saturated heterocycles. The maximum absolute atomic E-state index is 6.64. The number of benzene rings is 8. The highest BCUT2D eigenvalue weighted by molar-refractivity contribution is 6.14. The van der Waals surface area contributed by atoms with Gasteiger partial charge in [0.15, 0.2) is 0 Å². The van der Waals surface area contributed by atoms with Gasteiger partial charge in [-0.15, -0.1) is 0 Å². The second-order valence-corrected chi connectivity index (χ2v) is 14.6. The third kappa shape index (κ3) is 5.20. The first-order chi connectivity index (χ1) is 26.5. The van der Waals surface area contributed by atoms with Gasteiger partial charge in [-0.1, -0.05) is 129 Å². The van der Waals surface area contributed by atoms with E-state index >= 15 is 0 Å². The average Bonchev–Trinajstić information content (AvgIpc) is 3.71. The summed E-state index contributed by atoms with van der Waals surface area (Å²) in [6, 6.07) is 69.4. The summed E-state index contributed by atoms with van der Waals surface area (Å²) in [5, 5.41) is 2.14. The summed E-state index contributed by atoms with van der Waals surface area (Å²) in [5.41, 5.74) is 15.8. The monoisotopic (exact) mass is 694 g/mol. The molecule has 3 heteroatoms. The van der Waals surface area contributed by atoms with Crippen molar-refractivity contribution < 1.29 is 4.42 Å². The standard InChI is InChI=1S/C51H38N2O/c1-51(2)45-22-13-12-21-42(45)43-31-29-41(34-46(43)51)53(39-27-25-36(26-28-39)35-15-6-3-7-16-35)47-23-14-24-49-50(47)44-33-40(30-32-48(44)54-49)52(37-17-8-4-9-18-37)38-19-10-5-11-20-38/h3-34H,1-2H3. The van der Waals surface area contributed by atoms with E-state index in [1.165, 1.54) is 33.4 Å². The van der Waals surface area contributed by atoms with Crippen LogP contribution in [0.2, 0.25) is 0 Å². The molecule has 10 rings (SSSR count). The molecular weight excluding hydrogens is 657 g/mol. The molecule has 8 aromatic carbocycles. The lowest BCUT2D eigenvalue weighted by molar-refractivity contribution is 0.660. The summed E-state index contributed by atoms with van der Waals surface area (Å²) < 4.78 is 6.64. The van der Waals surface area contributed by atoms with Gasteiger partial charge in [0.2, 0.25) is 0 Å².